The van der Waals surface area contributed by atoms with E-state index in [0.29, 0.717) is 10.6 Å². The number of ketones is 1. The van der Waals surface area contributed by atoms with Crippen molar-refractivity contribution in [1.29, 1.82) is 0 Å². The Hall–Kier alpha value is -2.55. The molecule has 186 valence electrons. The number of halogens is 4. The van der Waals surface area contributed by atoms with E-state index in [1.165, 1.54) is 24.4 Å². The number of benzene rings is 2. The summed E-state index contributed by atoms with van der Waals surface area (Å²) in [6.45, 7) is 4.66. The first-order valence-corrected chi connectivity index (χ1v) is 13.0. The molecule has 1 heterocycles. The van der Waals surface area contributed by atoms with Crippen molar-refractivity contribution in [2.45, 2.75) is 44.1 Å². The van der Waals surface area contributed by atoms with Crippen LogP contribution in [0.3, 0.4) is 0 Å². The van der Waals surface area contributed by atoms with Crippen molar-refractivity contribution in [2.24, 2.45) is 0 Å². The third-order valence-electron chi connectivity index (χ3n) is 5.26. The molecular weight excluding hydrogens is 519 g/mol. The molecule has 0 bridgehead atoms. The first-order chi connectivity index (χ1) is 16.3. The van der Waals surface area contributed by atoms with Gasteiger partial charge in [-0.1, -0.05) is 42.3 Å². The molecule has 35 heavy (non-hydrogen) atoms. The number of carbonyl (C=O) groups excluding carboxylic acids is 1. The third kappa shape index (κ3) is 6.57. The van der Waals surface area contributed by atoms with E-state index in [9.17, 15) is 22.0 Å². The summed E-state index contributed by atoms with van der Waals surface area (Å²) in [5.74, 6) is -2.88. The minimum atomic E-state index is -3.34. The summed E-state index contributed by atoms with van der Waals surface area (Å²) in [7, 11) is -3.34. The van der Waals surface area contributed by atoms with Gasteiger partial charge >= 0.3 is 0 Å². The molecule has 0 N–H and O–H groups in total. The molecule has 1 aromatic heterocycles. The number of sulfone groups is 1. The first-order valence-electron chi connectivity index (χ1n) is 10.6. The maximum Gasteiger partial charge on any atom is 0.191 e. The lowest BCUT2D eigenvalue weighted by Gasteiger charge is -2.27. The number of ether oxygens (including phenoxy) is 1. The van der Waals surface area contributed by atoms with E-state index in [-0.39, 0.29) is 45.6 Å². The van der Waals surface area contributed by atoms with Gasteiger partial charge in [0.25, 0.3) is 0 Å². The molecule has 0 aliphatic heterocycles. The van der Waals surface area contributed by atoms with Gasteiger partial charge < -0.3 is 4.74 Å². The van der Waals surface area contributed by atoms with Crippen LogP contribution in [-0.2, 0) is 33.1 Å². The third-order valence-corrected chi connectivity index (χ3v) is 7.50. The molecule has 3 aromatic rings. The highest BCUT2D eigenvalue weighted by atomic mass is 35.5. The molecule has 10 heteroatoms. The van der Waals surface area contributed by atoms with Crippen LogP contribution in [0.15, 0.2) is 53.6 Å². The summed E-state index contributed by atoms with van der Waals surface area (Å²) >= 11 is 12.0. The van der Waals surface area contributed by atoms with E-state index in [2.05, 4.69) is 4.98 Å². The second-order valence-electron chi connectivity index (χ2n) is 8.42. The van der Waals surface area contributed by atoms with Gasteiger partial charge in [-0.3, -0.25) is 9.78 Å². The number of hydrogen-bond acceptors (Lipinski definition) is 5. The first kappa shape index (κ1) is 27.0. The van der Waals surface area contributed by atoms with Crippen LogP contribution in [0, 0.1) is 11.6 Å². The van der Waals surface area contributed by atoms with Crippen molar-refractivity contribution in [1.82, 2.24) is 4.98 Å². The molecule has 2 aromatic carbocycles. The smallest absolute Gasteiger partial charge is 0.191 e. The molecule has 0 aliphatic carbocycles. The van der Waals surface area contributed by atoms with Crippen LogP contribution >= 0.6 is 23.2 Å². The summed E-state index contributed by atoms with van der Waals surface area (Å²) in [4.78, 5) is 16.8. The quantitative estimate of drug-likeness (QED) is 0.325. The normalized spacial score (nSPS) is 12.0. The fourth-order valence-electron chi connectivity index (χ4n) is 3.47. The Morgan fingerprint density at radius 2 is 1.57 bits per heavy atom. The van der Waals surface area contributed by atoms with Crippen molar-refractivity contribution >= 4 is 38.8 Å². The maximum atomic E-state index is 14.8. The molecule has 5 nitrogen and oxygen atoms in total. The Morgan fingerprint density at radius 1 is 1.00 bits per heavy atom. The number of nitrogens with zero attached hydrogens (tertiary/aromatic N) is 1. The summed E-state index contributed by atoms with van der Waals surface area (Å²) in [6.07, 6.45) is 1.13. The van der Waals surface area contributed by atoms with Gasteiger partial charge in [0.05, 0.1) is 20.7 Å². The SMILES string of the molecule is CCS(=O)(=O)c1ccc(CC(=O)Cc2cc(F)c(OC(C)(C)c3ncc(Cl)cc3Cl)c(F)c2)cc1. The highest BCUT2D eigenvalue weighted by Crippen LogP contribution is 2.35. The van der Waals surface area contributed by atoms with Crippen molar-refractivity contribution in [3.8, 4) is 5.75 Å². The van der Waals surface area contributed by atoms with Crippen LogP contribution in [0.4, 0.5) is 8.78 Å². The molecule has 0 radical (unpaired) electrons. The van der Waals surface area contributed by atoms with Crippen molar-refractivity contribution < 1.29 is 26.7 Å². The molecule has 0 aliphatic rings. The monoisotopic (exact) mass is 541 g/mol. The maximum absolute atomic E-state index is 14.8. The summed E-state index contributed by atoms with van der Waals surface area (Å²) in [5, 5.41) is 0.494. The van der Waals surface area contributed by atoms with E-state index in [0.717, 1.165) is 12.1 Å². The summed E-state index contributed by atoms with van der Waals surface area (Å²) < 4.78 is 59.0. The number of Topliss-reactive ketones (excluding diaryl/α,β-unsaturated/α-hetero) is 1. The highest BCUT2D eigenvalue weighted by molar-refractivity contribution is 7.91. The van der Waals surface area contributed by atoms with Gasteiger partial charge in [0.1, 0.15) is 17.1 Å². The fourth-order valence-corrected chi connectivity index (χ4v) is 4.96. The van der Waals surface area contributed by atoms with Gasteiger partial charge in [0.2, 0.25) is 0 Å². The summed E-state index contributed by atoms with van der Waals surface area (Å²) in [5.41, 5.74) is -0.291. The fraction of sp³-hybridized carbons (Fsp3) is 0.280. The van der Waals surface area contributed by atoms with Gasteiger partial charge in [-0.2, -0.15) is 0 Å². The number of hydrogen-bond donors (Lipinski definition) is 0. The zero-order valence-electron chi connectivity index (χ0n) is 19.2. The molecule has 0 saturated carbocycles. The average Bonchev–Trinajstić information content (AvgIpc) is 2.76. The number of carbonyl (C=O) groups is 1. The Morgan fingerprint density at radius 3 is 2.11 bits per heavy atom. The zero-order valence-corrected chi connectivity index (χ0v) is 21.6. The lowest BCUT2D eigenvalue weighted by atomic mass is 10.0. The van der Waals surface area contributed by atoms with Crippen LogP contribution in [0.5, 0.6) is 5.75 Å². The largest absolute Gasteiger partial charge is 0.475 e. The van der Waals surface area contributed by atoms with Crippen molar-refractivity contribution in [3.63, 3.8) is 0 Å². The number of aromatic nitrogens is 1. The van der Waals surface area contributed by atoms with Gasteiger partial charge in [0.15, 0.2) is 27.2 Å². The minimum absolute atomic E-state index is 0.0122. The lowest BCUT2D eigenvalue weighted by molar-refractivity contribution is -0.117. The molecule has 0 spiro atoms. The van der Waals surface area contributed by atoms with E-state index >= 15 is 0 Å². The molecular formula is C25H23Cl2F2NO4S. The second-order valence-corrected chi connectivity index (χ2v) is 11.5. The molecule has 3 rings (SSSR count). The lowest BCUT2D eigenvalue weighted by Crippen LogP contribution is -2.28. The Balaban J connectivity index is 1.73. The average molecular weight is 542 g/mol. The van der Waals surface area contributed by atoms with Crippen LogP contribution in [0.2, 0.25) is 10.0 Å². The van der Waals surface area contributed by atoms with Crippen LogP contribution < -0.4 is 4.74 Å². The van der Waals surface area contributed by atoms with Crippen LogP contribution in [0.25, 0.3) is 0 Å². The molecule has 0 fully saturated rings. The van der Waals surface area contributed by atoms with E-state index in [4.69, 9.17) is 27.9 Å². The van der Waals surface area contributed by atoms with Crippen molar-refractivity contribution in [2.75, 3.05) is 5.75 Å². The second kappa shape index (κ2) is 10.6. The van der Waals surface area contributed by atoms with Gasteiger partial charge in [0, 0.05) is 19.0 Å². The van der Waals surface area contributed by atoms with Crippen molar-refractivity contribution in [3.05, 3.63) is 87.2 Å². The Kier molecular flexibility index (Phi) is 8.19. The Bertz CT molecular complexity index is 1340. The predicted octanol–water partition coefficient (Wildman–Crippen LogP) is 6.13. The van der Waals surface area contributed by atoms with Crippen LogP contribution in [-0.4, -0.2) is 24.9 Å². The predicted molar refractivity (Wildman–Crippen MR) is 131 cm³/mol. The number of pyridine rings is 1. The van der Waals surface area contributed by atoms with E-state index in [1.807, 2.05) is 0 Å². The summed E-state index contributed by atoms with van der Waals surface area (Å²) in [6, 6.07) is 9.52. The molecule has 0 atom stereocenters. The standard InChI is InChI=1S/C25H23Cl2F2NO4S/c1-4-35(32,33)19-7-5-15(6-8-19)9-18(31)10-16-11-21(28)23(22(29)12-16)34-25(2,3)24-20(27)13-17(26)14-30-24/h5-8,11-14H,4,9-10H2,1-3H3. The zero-order chi connectivity index (χ0) is 26.0. The van der Waals surface area contributed by atoms with Gasteiger partial charge in [-0.05, 0) is 55.3 Å². The van der Waals surface area contributed by atoms with Gasteiger partial charge in [-0.25, -0.2) is 17.2 Å². The van der Waals surface area contributed by atoms with E-state index in [1.54, 1.807) is 32.9 Å². The minimum Gasteiger partial charge on any atom is -0.475 e. The van der Waals surface area contributed by atoms with Crippen LogP contribution in [0.1, 0.15) is 37.6 Å². The van der Waals surface area contributed by atoms with Gasteiger partial charge in [-0.15, -0.1) is 0 Å². The topological polar surface area (TPSA) is 73.3 Å². The molecule has 0 saturated heterocycles. The molecule has 0 unspecified atom stereocenters. The number of rotatable bonds is 9. The molecule has 0 amide bonds. The Labute approximate surface area is 213 Å². The van der Waals surface area contributed by atoms with E-state index < -0.39 is 32.8 Å². The highest BCUT2D eigenvalue weighted by Gasteiger charge is 2.30.